The molecule has 42 heavy (non-hydrogen) atoms. The van der Waals surface area contributed by atoms with Crippen LogP contribution in [0.1, 0.15) is 20.3 Å². The summed E-state index contributed by atoms with van der Waals surface area (Å²) in [6.07, 6.45) is 9.22. The van der Waals surface area contributed by atoms with Gasteiger partial charge in [0.05, 0.1) is 7.11 Å². The van der Waals surface area contributed by atoms with Crippen LogP contribution in [0.15, 0.2) is 73.2 Å². The molecule has 0 saturated heterocycles. The summed E-state index contributed by atoms with van der Waals surface area (Å²) >= 11 is 0. The fourth-order valence-corrected chi connectivity index (χ4v) is 4.52. The van der Waals surface area contributed by atoms with E-state index in [2.05, 4.69) is 10.3 Å². The maximum absolute atomic E-state index is 12.5. The van der Waals surface area contributed by atoms with Gasteiger partial charge in [-0.05, 0) is 61.8 Å². The van der Waals surface area contributed by atoms with E-state index < -0.39 is 12.0 Å². The predicted molar refractivity (Wildman–Crippen MR) is 165 cm³/mol. The van der Waals surface area contributed by atoms with Gasteiger partial charge in [0.15, 0.2) is 6.73 Å². The number of nitrogens with two attached hydrogens (primary N) is 1. The zero-order valence-electron chi connectivity index (χ0n) is 24.7. The molecule has 0 spiro atoms. The molecular weight excluding hydrogens is 532 g/mol. The lowest BCUT2D eigenvalue weighted by Crippen LogP contribution is -2.33. The second-order valence-electron chi connectivity index (χ2n) is 10.8. The summed E-state index contributed by atoms with van der Waals surface area (Å²) in [6.45, 7) is 4.67. The fourth-order valence-electron chi connectivity index (χ4n) is 4.52. The van der Waals surface area contributed by atoms with Gasteiger partial charge in [-0.1, -0.05) is 32.1 Å². The Kier molecular flexibility index (Phi) is 10.1. The number of carbonyl (C=O) groups is 2. The van der Waals surface area contributed by atoms with Gasteiger partial charge >= 0.3 is 5.97 Å². The highest BCUT2D eigenvalue weighted by Crippen LogP contribution is 2.34. The van der Waals surface area contributed by atoms with Crippen LogP contribution in [0.3, 0.4) is 0 Å². The summed E-state index contributed by atoms with van der Waals surface area (Å²) in [5.41, 5.74) is 10.8. The molecule has 1 amide bonds. The molecule has 1 unspecified atom stereocenters. The van der Waals surface area contributed by atoms with E-state index in [0.29, 0.717) is 30.2 Å². The molecule has 1 atom stereocenters. The van der Waals surface area contributed by atoms with Crippen molar-refractivity contribution in [3.8, 4) is 28.1 Å². The lowest BCUT2D eigenvalue weighted by molar-refractivity contribution is -0.149. The van der Waals surface area contributed by atoms with Gasteiger partial charge in [-0.15, -0.1) is 0 Å². The van der Waals surface area contributed by atoms with Crippen LogP contribution in [0.5, 0.6) is 5.88 Å². The number of esters is 1. The minimum absolute atomic E-state index is 0.0292. The normalized spacial score (nSPS) is 12.3. The number of ether oxygens (including phenoxy) is 2. The number of methoxy groups -OCH3 is 1. The number of nitrogens with one attached hydrogen (secondary N) is 1. The van der Waals surface area contributed by atoms with Crippen molar-refractivity contribution in [2.75, 3.05) is 33.1 Å². The number of rotatable bonds is 12. The molecule has 220 valence electrons. The Bertz CT molecular complexity index is 1580. The molecule has 0 aliphatic rings. The molecule has 10 heteroatoms. The third-order valence-corrected chi connectivity index (χ3v) is 6.55. The summed E-state index contributed by atoms with van der Waals surface area (Å²) in [5, 5.41) is 3.77. The van der Waals surface area contributed by atoms with Crippen molar-refractivity contribution in [3.05, 3.63) is 73.2 Å². The number of benzene rings is 1. The first-order chi connectivity index (χ1) is 20.1. The van der Waals surface area contributed by atoms with Crippen molar-refractivity contribution in [1.29, 1.82) is 0 Å². The zero-order chi connectivity index (χ0) is 30.2. The van der Waals surface area contributed by atoms with Crippen LogP contribution >= 0.6 is 0 Å². The van der Waals surface area contributed by atoms with Gasteiger partial charge in [-0.25, -0.2) is 9.97 Å². The Labute approximate surface area is 246 Å². The van der Waals surface area contributed by atoms with Crippen LogP contribution in [-0.2, 0) is 21.1 Å². The van der Waals surface area contributed by atoms with Gasteiger partial charge in [-0.2, -0.15) is 0 Å². The van der Waals surface area contributed by atoms with E-state index in [-0.39, 0.29) is 18.6 Å². The van der Waals surface area contributed by atoms with Crippen LogP contribution in [0, 0.1) is 5.92 Å². The fraction of sp³-hybridized carbons (Fsp3) is 0.312. The first-order valence-electron chi connectivity index (χ1n) is 13.8. The highest BCUT2D eigenvalue weighted by Gasteiger charge is 2.19. The lowest BCUT2D eigenvalue weighted by atomic mass is 10.0. The van der Waals surface area contributed by atoms with E-state index in [1.807, 2.05) is 87.6 Å². The van der Waals surface area contributed by atoms with Crippen molar-refractivity contribution in [3.63, 3.8) is 0 Å². The third-order valence-electron chi connectivity index (χ3n) is 6.55. The highest BCUT2D eigenvalue weighted by atomic mass is 16.5. The Hall–Kier alpha value is -4.54. The highest BCUT2D eigenvalue weighted by molar-refractivity contribution is 6.00. The summed E-state index contributed by atoms with van der Waals surface area (Å²) in [6, 6.07) is 12.7. The van der Waals surface area contributed by atoms with Crippen LogP contribution in [0.25, 0.3) is 33.3 Å². The maximum Gasteiger partial charge on any atom is 0.324 e. The topological polar surface area (TPSA) is 125 Å². The molecule has 0 fully saturated rings. The lowest BCUT2D eigenvalue weighted by Gasteiger charge is -2.14. The predicted octanol–water partition coefficient (Wildman–Crippen LogP) is 4.70. The molecule has 10 nitrogen and oxygen atoms in total. The maximum atomic E-state index is 12.5. The van der Waals surface area contributed by atoms with E-state index in [1.165, 1.54) is 6.08 Å². The number of fused-ring (bicyclic) bond motifs is 1. The van der Waals surface area contributed by atoms with Gasteiger partial charge in [0, 0.05) is 59.5 Å². The number of pyridine rings is 2. The number of carbonyl (C=O) groups excluding carboxylic acids is 2. The first-order valence-corrected chi connectivity index (χ1v) is 13.8. The number of hydrogen-bond acceptors (Lipinski definition) is 8. The van der Waals surface area contributed by atoms with Crippen molar-refractivity contribution < 1.29 is 19.1 Å². The van der Waals surface area contributed by atoms with Gasteiger partial charge in [-0.3, -0.25) is 14.2 Å². The van der Waals surface area contributed by atoms with Crippen LogP contribution in [0.4, 0.5) is 5.69 Å². The second kappa shape index (κ2) is 13.9. The monoisotopic (exact) mass is 570 g/mol. The quantitative estimate of drug-likeness (QED) is 0.185. The molecule has 3 heterocycles. The number of likely N-dealkylation sites (N-methyl/N-ethyl adjacent to an activating group) is 1. The Morgan fingerprint density at radius 3 is 2.64 bits per heavy atom. The summed E-state index contributed by atoms with van der Waals surface area (Å²) in [4.78, 5) is 35.9. The van der Waals surface area contributed by atoms with Gasteiger partial charge in [0.25, 0.3) is 0 Å². The summed E-state index contributed by atoms with van der Waals surface area (Å²) in [5.74, 6) is 0.104. The van der Waals surface area contributed by atoms with Crippen LogP contribution in [-0.4, -0.2) is 65.1 Å². The van der Waals surface area contributed by atoms with Crippen molar-refractivity contribution >= 4 is 28.6 Å². The van der Waals surface area contributed by atoms with Crippen LogP contribution < -0.4 is 15.8 Å². The van der Waals surface area contributed by atoms with Gasteiger partial charge in [0.2, 0.25) is 11.8 Å². The summed E-state index contributed by atoms with van der Waals surface area (Å²) in [7, 11) is 5.45. The van der Waals surface area contributed by atoms with E-state index in [1.54, 1.807) is 24.1 Å². The minimum atomic E-state index is -0.688. The smallest absolute Gasteiger partial charge is 0.324 e. The SMILES string of the molecule is COc1cc(-c2cn(COC(=O)C(N)CC(C)C)c3ncc(-c4cccc(NC(=O)/C=C/CN(C)C)c4)cc23)ccn1. The molecule has 0 aliphatic carbocycles. The molecule has 0 bridgehead atoms. The Balaban J connectivity index is 1.67. The van der Waals surface area contributed by atoms with E-state index >= 15 is 0 Å². The minimum Gasteiger partial charge on any atom is -0.481 e. The molecule has 4 aromatic rings. The van der Waals surface area contributed by atoms with Crippen LogP contribution in [0.2, 0.25) is 0 Å². The number of nitrogens with zero attached hydrogens (tertiary/aromatic N) is 4. The van der Waals surface area contributed by atoms with E-state index in [4.69, 9.17) is 20.2 Å². The Morgan fingerprint density at radius 1 is 1.10 bits per heavy atom. The molecule has 0 aliphatic heterocycles. The summed E-state index contributed by atoms with van der Waals surface area (Å²) < 4.78 is 12.7. The molecule has 1 aromatic carbocycles. The number of anilines is 1. The van der Waals surface area contributed by atoms with Crippen molar-refractivity contribution in [2.45, 2.75) is 33.0 Å². The first kappa shape index (κ1) is 30.4. The Morgan fingerprint density at radius 2 is 1.90 bits per heavy atom. The molecule has 3 aromatic heterocycles. The second-order valence-corrected chi connectivity index (χ2v) is 10.8. The average molecular weight is 571 g/mol. The van der Waals surface area contributed by atoms with Crippen molar-refractivity contribution in [1.82, 2.24) is 19.4 Å². The van der Waals surface area contributed by atoms with E-state index in [9.17, 15) is 9.59 Å². The molecule has 0 radical (unpaired) electrons. The largest absolute Gasteiger partial charge is 0.481 e. The number of aromatic nitrogens is 3. The molecular formula is C32H38N6O4. The van der Waals surface area contributed by atoms with E-state index in [0.717, 1.165) is 27.6 Å². The average Bonchev–Trinajstić information content (AvgIpc) is 3.33. The zero-order valence-corrected chi connectivity index (χ0v) is 24.7. The molecule has 4 rings (SSSR count). The van der Waals surface area contributed by atoms with Gasteiger partial charge in [0.1, 0.15) is 11.7 Å². The van der Waals surface area contributed by atoms with Gasteiger partial charge < -0.3 is 25.4 Å². The van der Waals surface area contributed by atoms with Crippen molar-refractivity contribution in [2.24, 2.45) is 11.7 Å². The molecule has 3 N–H and O–H groups in total. The standard InChI is InChI=1S/C32H38N6O4/c1-21(2)14-28(33)32(40)42-20-38-19-27(23-11-12-34-30(17-23)41-5)26-16-24(18-35-31(26)38)22-8-6-9-25(15-22)36-29(39)10-7-13-37(3)4/h6-12,15-19,21,28H,13-14,20,33H2,1-5H3,(H,36,39)/b10-7+. The number of amides is 1. The number of hydrogen-bond donors (Lipinski definition) is 2. The molecule has 0 saturated carbocycles. The third kappa shape index (κ3) is 7.80.